The van der Waals surface area contributed by atoms with Crippen LogP contribution in [-0.2, 0) is 5.54 Å². The summed E-state index contributed by atoms with van der Waals surface area (Å²) in [7, 11) is 1.65. The van der Waals surface area contributed by atoms with E-state index in [1.54, 1.807) is 36.2 Å². The molecule has 7 nitrogen and oxygen atoms in total. The SMILES string of the molecule is COc1ccccc1C1(Nc2nccn(-c3cc(C(=O)NC4CC4)ccc3C)c2=O)CC1. The summed E-state index contributed by atoms with van der Waals surface area (Å²) in [4.78, 5) is 30.2. The molecular formula is C25H26N4O3. The topological polar surface area (TPSA) is 85.2 Å². The standard InChI is InChI=1S/C25H26N4O3/c1-16-7-8-17(23(30)27-18-9-10-18)15-20(16)29-14-13-26-22(24(29)31)28-25(11-12-25)19-5-3-4-6-21(19)32-2/h3-8,13-15,18H,9-12H2,1-2H3,(H,26,28)(H,27,30). The minimum Gasteiger partial charge on any atom is -0.496 e. The van der Waals surface area contributed by atoms with Crippen molar-refractivity contribution in [1.29, 1.82) is 0 Å². The first-order valence-corrected chi connectivity index (χ1v) is 10.9. The van der Waals surface area contributed by atoms with E-state index in [2.05, 4.69) is 15.6 Å². The van der Waals surface area contributed by atoms with E-state index >= 15 is 0 Å². The van der Waals surface area contributed by atoms with Crippen LogP contribution in [0.1, 0.15) is 47.2 Å². The van der Waals surface area contributed by atoms with Crippen LogP contribution in [0.5, 0.6) is 5.75 Å². The Kier molecular flexibility index (Phi) is 4.96. The molecule has 0 atom stereocenters. The molecular weight excluding hydrogens is 404 g/mol. The van der Waals surface area contributed by atoms with Gasteiger partial charge in [0.2, 0.25) is 0 Å². The van der Waals surface area contributed by atoms with Crippen LogP contribution in [0.4, 0.5) is 5.82 Å². The van der Waals surface area contributed by atoms with E-state index in [4.69, 9.17) is 4.74 Å². The maximum atomic E-state index is 13.4. The van der Waals surface area contributed by atoms with Crippen LogP contribution < -0.4 is 20.9 Å². The lowest BCUT2D eigenvalue weighted by Gasteiger charge is -2.21. The van der Waals surface area contributed by atoms with Crippen molar-refractivity contribution in [3.8, 4) is 11.4 Å². The Morgan fingerprint density at radius 3 is 2.69 bits per heavy atom. The molecule has 2 aliphatic rings. The van der Waals surface area contributed by atoms with Crippen molar-refractivity contribution >= 4 is 11.7 Å². The summed E-state index contributed by atoms with van der Waals surface area (Å²) in [5.41, 5.74) is 2.52. The van der Waals surface area contributed by atoms with Crippen molar-refractivity contribution < 1.29 is 9.53 Å². The Morgan fingerprint density at radius 2 is 1.97 bits per heavy atom. The number of ether oxygens (including phenoxy) is 1. The van der Waals surface area contributed by atoms with Gasteiger partial charge in [-0.2, -0.15) is 0 Å². The van der Waals surface area contributed by atoms with Gasteiger partial charge in [-0.05, 0) is 56.4 Å². The van der Waals surface area contributed by atoms with Crippen molar-refractivity contribution in [1.82, 2.24) is 14.9 Å². The molecule has 0 aliphatic heterocycles. The fourth-order valence-electron chi connectivity index (χ4n) is 4.05. The second kappa shape index (κ2) is 7.82. The summed E-state index contributed by atoms with van der Waals surface area (Å²) in [6.45, 7) is 1.93. The largest absolute Gasteiger partial charge is 0.496 e. The zero-order valence-electron chi connectivity index (χ0n) is 18.2. The Labute approximate surface area is 186 Å². The molecule has 3 aromatic rings. The second-order valence-corrected chi connectivity index (χ2v) is 8.61. The third-order valence-electron chi connectivity index (χ3n) is 6.21. The molecule has 2 aliphatic carbocycles. The minimum atomic E-state index is -0.362. The molecule has 1 aromatic heterocycles. The van der Waals surface area contributed by atoms with E-state index in [9.17, 15) is 9.59 Å². The first-order chi connectivity index (χ1) is 15.5. The normalized spacial score (nSPS) is 16.3. The predicted octanol–water partition coefficient (Wildman–Crippen LogP) is 3.54. The molecule has 2 fully saturated rings. The number of para-hydroxylation sites is 1. The highest BCUT2D eigenvalue weighted by Crippen LogP contribution is 2.50. The van der Waals surface area contributed by atoms with E-state index in [-0.39, 0.29) is 28.9 Å². The Morgan fingerprint density at radius 1 is 1.19 bits per heavy atom. The fourth-order valence-corrected chi connectivity index (χ4v) is 4.05. The summed E-state index contributed by atoms with van der Waals surface area (Å²) in [6.07, 6.45) is 7.08. The molecule has 0 unspecified atom stereocenters. The first-order valence-electron chi connectivity index (χ1n) is 10.9. The molecule has 164 valence electrons. The van der Waals surface area contributed by atoms with Crippen molar-refractivity contribution in [3.05, 3.63) is 81.9 Å². The van der Waals surface area contributed by atoms with Gasteiger partial charge in [0.15, 0.2) is 5.82 Å². The zero-order chi connectivity index (χ0) is 22.3. The molecule has 5 rings (SSSR count). The number of rotatable bonds is 7. The summed E-state index contributed by atoms with van der Waals surface area (Å²) in [5.74, 6) is 0.962. The van der Waals surface area contributed by atoms with Gasteiger partial charge in [0.05, 0.1) is 18.3 Å². The molecule has 0 radical (unpaired) electrons. The smallest absolute Gasteiger partial charge is 0.297 e. The van der Waals surface area contributed by atoms with E-state index in [1.807, 2.05) is 37.3 Å². The van der Waals surface area contributed by atoms with Crippen molar-refractivity contribution in [3.63, 3.8) is 0 Å². The molecule has 7 heteroatoms. The van der Waals surface area contributed by atoms with Crippen LogP contribution in [0, 0.1) is 6.92 Å². The van der Waals surface area contributed by atoms with E-state index in [1.165, 1.54) is 0 Å². The number of carbonyl (C=O) groups excluding carboxylic acids is 1. The lowest BCUT2D eigenvalue weighted by molar-refractivity contribution is 0.0951. The molecule has 1 heterocycles. The molecule has 0 spiro atoms. The highest BCUT2D eigenvalue weighted by molar-refractivity contribution is 5.95. The van der Waals surface area contributed by atoms with Crippen molar-refractivity contribution in [2.24, 2.45) is 0 Å². The van der Waals surface area contributed by atoms with E-state index in [0.29, 0.717) is 11.3 Å². The number of hydrogen-bond donors (Lipinski definition) is 2. The number of benzene rings is 2. The number of nitrogens with one attached hydrogen (secondary N) is 2. The molecule has 1 amide bonds. The van der Waals surface area contributed by atoms with E-state index < -0.39 is 0 Å². The summed E-state index contributed by atoms with van der Waals surface area (Å²) in [5, 5.41) is 6.39. The number of hydrogen-bond acceptors (Lipinski definition) is 5. The van der Waals surface area contributed by atoms with Crippen molar-refractivity contribution in [2.75, 3.05) is 12.4 Å². The average molecular weight is 431 g/mol. The van der Waals surface area contributed by atoms with Gasteiger partial charge in [0.1, 0.15) is 5.75 Å². The molecule has 2 aromatic carbocycles. The predicted molar refractivity (Wildman–Crippen MR) is 123 cm³/mol. The summed E-state index contributed by atoms with van der Waals surface area (Å²) >= 11 is 0. The molecule has 2 saturated carbocycles. The van der Waals surface area contributed by atoms with E-state index in [0.717, 1.165) is 42.6 Å². The lowest BCUT2D eigenvalue weighted by Crippen LogP contribution is -2.29. The Hall–Kier alpha value is -3.61. The van der Waals surface area contributed by atoms with Gasteiger partial charge >= 0.3 is 0 Å². The highest BCUT2D eigenvalue weighted by atomic mass is 16.5. The quantitative estimate of drug-likeness (QED) is 0.599. The lowest BCUT2D eigenvalue weighted by atomic mass is 10.0. The van der Waals surface area contributed by atoms with Crippen molar-refractivity contribution in [2.45, 2.75) is 44.2 Å². The number of anilines is 1. The van der Waals surface area contributed by atoms with Gasteiger partial charge in [-0.3, -0.25) is 14.2 Å². The first kappa shape index (κ1) is 20.3. The minimum absolute atomic E-state index is 0.109. The summed E-state index contributed by atoms with van der Waals surface area (Å²) in [6, 6.07) is 13.6. The monoisotopic (exact) mass is 430 g/mol. The fraction of sp³-hybridized carbons (Fsp3) is 0.320. The van der Waals surface area contributed by atoms with Gasteiger partial charge in [-0.25, -0.2) is 4.98 Å². The summed E-state index contributed by atoms with van der Waals surface area (Å²) < 4.78 is 7.09. The molecule has 0 bridgehead atoms. The van der Waals surface area contributed by atoms with Gasteiger partial charge in [-0.1, -0.05) is 24.3 Å². The zero-order valence-corrected chi connectivity index (χ0v) is 18.2. The number of aromatic nitrogens is 2. The Bertz CT molecular complexity index is 1240. The third-order valence-corrected chi connectivity index (χ3v) is 6.21. The third kappa shape index (κ3) is 3.75. The van der Waals surface area contributed by atoms with Crippen LogP contribution in [0.25, 0.3) is 5.69 Å². The number of methoxy groups -OCH3 is 1. The number of carbonyl (C=O) groups is 1. The maximum Gasteiger partial charge on any atom is 0.297 e. The molecule has 2 N–H and O–H groups in total. The van der Waals surface area contributed by atoms with Crippen LogP contribution >= 0.6 is 0 Å². The van der Waals surface area contributed by atoms with Crippen LogP contribution in [0.2, 0.25) is 0 Å². The Balaban J connectivity index is 1.48. The maximum absolute atomic E-state index is 13.4. The molecule has 0 saturated heterocycles. The second-order valence-electron chi connectivity index (χ2n) is 8.61. The van der Waals surface area contributed by atoms with Gasteiger partial charge in [0.25, 0.3) is 11.5 Å². The van der Waals surface area contributed by atoms with Gasteiger partial charge in [0, 0.05) is 29.6 Å². The molecule has 32 heavy (non-hydrogen) atoms. The van der Waals surface area contributed by atoms with Gasteiger partial charge < -0.3 is 15.4 Å². The number of nitrogens with zero attached hydrogens (tertiary/aromatic N) is 2. The van der Waals surface area contributed by atoms with Crippen LogP contribution in [0.15, 0.2) is 59.7 Å². The van der Waals surface area contributed by atoms with Gasteiger partial charge in [-0.15, -0.1) is 0 Å². The number of amides is 1. The highest BCUT2D eigenvalue weighted by Gasteiger charge is 2.47. The van der Waals surface area contributed by atoms with Crippen LogP contribution in [0.3, 0.4) is 0 Å². The van der Waals surface area contributed by atoms with Crippen LogP contribution in [-0.4, -0.2) is 28.6 Å². The average Bonchev–Trinajstić information content (AvgIpc) is 3.73. The number of aryl methyl sites for hydroxylation is 1.